The van der Waals surface area contributed by atoms with Gasteiger partial charge >= 0.3 is 0 Å². The first kappa shape index (κ1) is 16.1. The van der Waals surface area contributed by atoms with Gasteiger partial charge in [0.25, 0.3) is 5.91 Å². The van der Waals surface area contributed by atoms with Crippen LogP contribution in [0.2, 0.25) is 5.02 Å². The lowest BCUT2D eigenvalue weighted by Gasteiger charge is -2.38. The Bertz CT molecular complexity index is 1050. The number of halogens is 1. The van der Waals surface area contributed by atoms with Gasteiger partial charge in [-0.2, -0.15) is 0 Å². The molecule has 4 rings (SSSR count). The summed E-state index contributed by atoms with van der Waals surface area (Å²) >= 11 is 5.80. The molecule has 0 bridgehead atoms. The van der Waals surface area contributed by atoms with Gasteiger partial charge in [0.1, 0.15) is 5.25 Å². The molecular weight excluding hydrogens is 362 g/mol. The molecule has 3 aromatic rings. The van der Waals surface area contributed by atoms with Crippen molar-refractivity contribution in [1.82, 2.24) is 14.9 Å². The van der Waals surface area contributed by atoms with E-state index < -0.39 is 15.1 Å². The number of hydrogen-bond acceptors (Lipinski definition) is 4. The van der Waals surface area contributed by atoms with E-state index in [1.807, 2.05) is 0 Å². The number of carbonyl (C=O) groups is 1. The van der Waals surface area contributed by atoms with E-state index in [0.717, 1.165) is 11.0 Å². The van der Waals surface area contributed by atoms with Crippen molar-refractivity contribution in [3.63, 3.8) is 0 Å². The van der Waals surface area contributed by atoms with Crippen LogP contribution in [0.25, 0.3) is 11.0 Å². The summed E-state index contributed by atoms with van der Waals surface area (Å²) < 4.78 is 25.2. The van der Waals surface area contributed by atoms with E-state index in [1.165, 1.54) is 17.0 Å². The Labute approximate surface area is 149 Å². The van der Waals surface area contributed by atoms with Gasteiger partial charge in [0.2, 0.25) is 0 Å². The first-order chi connectivity index (χ1) is 11.9. The van der Waals surface area contributed by atoms with Crippen molar-refractivity contribution in [3.8, 4) is 0 Å². The van der Waals surface area contributed by atoms with Crippen LogP contribution in [0.1, 0.15) is 10.4 Å². The van der Waals surface area contributed by atoms with Gasteiger partial charge in [-0.25, -0.2) is 13.4 Å². The summed E-state index contributed by atoms with van der Waals surface area (Å²) in [5.41, 5.74) is 2.07. The predicted octanol–water partition coefficient (Wildman–Crippen LogP) is 2.51. The van der Waals surface area contributed by atoms with Crippen molar-refractivity contribution in [2.24, 2.45) is 0 Å². The van der Waals surface area contributed by atoms with Crippen LogP contribution in [-0.4, -0.2) is 47.5 Å². The molecule has 1 amide bonds. The number of aromatic amines is 1. The first-order valence-corrected chi connectivity index (χ1v) is 9.59. The van der Waals surface area contributed by atoms with E-state index >= 15 is 0 Å². The Hall–Kier alpha value is -2.38. The van der Waals surface area contributed by atoms with Crippen LogP contribution in [0.15, 0.2) is 53.7 Å². The molecular formula is C17H14ClN3O3S. The predicted molar refractivity (Wildman–Crippen MR) is 94.4 cm³/mol. The molecule has 8 heteroatoms. The average Bonchev–Trinajstić information content (AvgIpc) is 3.01. The zero-order chi connectivity index (χ0) is 17.6. The second kappa shape index (κ2) is 5.86. The lowest BCUT2D eigenvalue weighted by molar-refractivity contribution is 0.0659. The highest BCUT2D eigenvalue weighted by Crippen LogP contribution is 2.26. The molecule has 0 radical (unpaired) electrons. The number of nitrogens with one attached hydrogen (secondary N) is 1. The molecule has 25 heavy (non-hydrogen) atoms. The largest absolute Gasteiger partial charge is 0.345 e. The molecule has 6 nitrogen and oxygen atoms in total. The molecule has 0 atom stereocenters. The van der Waals surface area contributed by atoms with Crippen LogP contribution in [-0.2, 0) is 9.84 Å². The van der Waals surface area contributed by atoms with Gasteiger partial charge in [-0.1, -0.05) is 11.6 Å². The van der Waals surface area contributed by atoms with Crippen molar-refractivity contribution < 1.29 is 13.2 Å². The third kappa shape index (κ3) is 2.79. The third-order valence-electron chi connectivity index (χ3n) is 4.38. The zero-order valence-corrected chi connectivity index (χ0v) is 14.6. The van der Waals surface area contributed by atoms with Gasteiger partial charge in [0.05, 0.1) is 22.3 Å². The topological polar surface area (TPSA) is 83.1 Å². The smallest absolute Gasteiger partial charge is 0.254 e. The van der Waals surface area contributed by atoms with E-state index in [9.17, 15) is 13.2 Å². The number of carbonyl (C=O) groups excluding carboxylic acids is 1. The molecule has 0 saturated carbocycles. The van der Waals surface area contributed by atoms with Gasteiger partial charge in [-0.3, -0.25) is 4.79 Å². The molecule has 1 aromatic heterocycles. The zero-order valence-electron chi connectivity index (χ0n) is 13.0. The van der Waals surface area contributed by atoms with E-state index in [2.05, 4.69) is 9.97 Å². The van der Waals surface area contributed by atoms with Gasteiger partial charge in [-0.15, -0.1) is 0 Å². The number of amides is 1. The molecule has 1 fully saturated rings. The maximum absolute atomic E-state index is 12.6. The Kier molecular flexibility index (Phi) is 3.77. The summed E-state index contributed by atoms with van der Waals surface area (Å²) in [5.74, 6) is -0.181. The summed E-state index contributed by atoms with van der Waals surface area (Å²) in [6.07, 6.45) is 1.57. The minimum absolute atomic E-state index is 0.181. The van der Waals surface area contributed by atoms with Crippen LogP contribution >= 0.6 is 11.6 Å². The van der Waals surface area contributed by atoms with Crippen molar-refractivity contribution in [2.75, 3.05) is 13.1 Å². The lowest BCUT2D eigenvalue weighted by atomic mass is 10.1. The molecule has 1 N–H and O–H groups in total. The average molecular weight is 376 g/mol. The van der Waals surface area contributed by atoms with E-state index in [0.29, 0.717) is 10.6 Å². The first-order valence-electron chi connectivity index (χ1n) is 7.67. The Morgan fingerprint density at radius 1 is 1.16 bits per heavy atom. The standard InChI is InChI=1S/C17H14ClN3O3S/c18-12-2-4-13(5-3-12)25(23,24)14-8-21(9-14)17(22)11-1-6-15-16(7-11)20-10-19-15/h1-7,10,14H,8-9H2,(H,19,20). The highest BCUT2D eigenvalue weighted by Gasteiger charge is 2.40. The second-order valence-corrected chi connectivity index (χ2v) is 8.63. The normalized spacial score (nSPS) is 15.3. The number of benzene rings is 2. The third-order valence-corrected chi connectivity index (χ3v) is 6.74. The van der Waals surface area contributed by atoms with Crippen molar-refractivity contribution in [2.45, 2.75) is 10.1 Å². The van der Waals surface area contributed by atoms with Gasteiger partial charge in [0.15, 0.2) is 9.84 Å². The molecule has 0 unspecified atom stereocenters. The minimum atomic E-state index is -3.46. The van der Waals surface area contributed by atoms with Gasteiger partial charge in [0, 0.05) is 23.7 Å². The summed E-state index contributed by atoms with van der Waals surface area (Å²) in [7, 11) is -3.46. The molecule has 0 spiro atoms. The molecule has 1 aliphatic heterocycles. The van der Waals surface area contributed by atoms with Crippen LogP contribution in [0.4, 0.5) is 0 Å². The number of nitrogens with zero attached hydrogens (tertiary/aromatic N) is 2. The Balaban J connectivity index is 1.49. The maximum atomic E-state index is 12.6. The minimum Gasteiger partial charge on any atom is -0.345 e. The van der Waals surface area contributed by atoms with Gasteiger partial charge in [-0.05, 0) is 42.5 Å². The Morgan fingerprint density at radius 3 is 2.60 bits per heavy atom. The van der Waals surface area contributed by atoms with E-state index in [-0.39, 0.29) is 23.9 Å². The quantitative estimate of drug-likeness (QED) is 0.762. The number of imidazole rings is 1. The van der Waals surface area contributed by atoms with Crippen LogP contribution in [0.3, 0.4) is 0 Å². The van der Waals surface area contributed by atoms with Crippen molar-refractivity contribution in [1.29, 1.82) is 0 Å². The molecule has 2 aromatic carbocycles. The molecule has 2 heterocycles. The van der Waals surface area contributed by atoms with Crippen LogP contribution in [0, 0.1) is 0 Å². The van der Waals surface area contributed by atoms with E-state index in [4.69, 9.17) is 11.6 Å². The van der Waals surface area contributed by atoms with Crippen molar-refractivity contribution in [3.05, 3.63) is 59.4 Å². The number of likely N-dealkylation sites (tertiary alicyclic amines) is 1. The highest BCUT2D eigenvalue weighted by molar-refractivity contribution is 7.92. The number of hydrogen-bond donors (Lipinski definition) is 1. The number of fused-ring (bicyclic) bond motifs is 1. The lowest BCUT2D eigenvalue weighted by Crippen LogP contribution is -2.56. The number of aromatic nitrogens is 2. The molecule has 0 aliphatic carbocycles. The van der Waals surface area contributed by atoms with Crippen LogP contribution < -0.4 is 0 Å². The fourth-order valence-electron chi connectivity index (χ4n) is 2.87. The summed E-state index contributed by atoms with van der Waals surface area (Å²) in [5, 5.41) is -0.105. The second-order valence-electron chi connectivity index (χ2n) is 5.97. The maximum Gasteiger partial charge on any atom is 0.254 e. The SMILES string of the molecule is O=C(c1ccc2nc[nH]c2c1)N1CC(S(=O)(=O)c2ccc(Cl)cc2)C1. The van der Waals surface area contributed by atoms with E-state index in [1.54, 1.807) is 36.7 Å². The number of sulfone groups is 1. The van der Waals surface area contributed by atoms with Gasteiger partial charge < -0.3 is 9.88 Å². The Morgan fingerprint density at radius 2 is 1.88 bits per heavy atom. The van der Waals surface area contributed by atoms with Crippen LogP contribution in [0.5, 0.6) is 0 Å². The molecule has 128 valence electrons. The van der Waals surface area contributed by atoms with Crippen molar-refractivity contribution >= 4 is 38.4 Å². The summed E-state index contributed by atoms with van der Waals surface area (Å²) in [6.45, 7) is 0.371. The number of H-pyrrole nitrogens is 1. The fraction of sp³-hybridized carbons (Fsp3) is 0.176. The summed E-state index contributed by atoms with van der Waals surface area (Å²) in [4.78, 5) is 21.4. The molecule has 1 aliphatic rings. The molecule has 1 saturated heterocycles. The monoisotopic (exact) mass is 375 g/mol. The number of rotatable bonds is 3. The summed E-state index contributed by atoms with van der Waals surface area (Å²) in [6, 6.07) is 11.3. The fourth-order valence-corrected chi connectivity index (χ4v) is 4.65. The highest BCUT2D eigenvalue weighted by atomic mass is 35.5.